The second kappa shape index (κ2) is 13.3. The third kappa shape index (κ3) is 9.13. The number of aliphatic hydroxyl groups is 2. The SMILES string of the molecule is CC(C)(C)OC(=O)NCC(=O)NCCCCC[C@H]1CC[C@H]2/C(=C/C=C3C[C@@H](O)C[C@H](O)C3)CCCC12C. The second-order valence-corrected chi connectivity index (χ2v) is 12.8. The predicted molar refractivity (Wildman–Crippen MR) is 146 cm³/mol. The zero-order chi connectivity index (χ0) is 27.1. The van der Waals surface area contributed by atoms with Gasteiger partial charge in [-0.3, -0.25) is 4.79 Å². The number of carbonyl (C=O) groups excluding carboxylic acids is 2. The lowest BCUT2D eigenvalue weighted by Crippen LogP contribution is -2.39. The van der Waals surface area contributed by atoms with Crippen LogP contribution in [0.5, 0.6) is 0 Å². The molecule has 4 N–H and O–H groups in total. The van der Waals surface area contributed by atoms with E-state index in [0.717, 1.165) is 18.8 Å². The van der Waals surface area contributed by atoms with Crippen molar-refractivity contribution >= 4 is 12.0 Å². The summed E-state index contributed by atoms with van der Waals surface area (Å²) in [4.78, 5) is 23.6. The fourth-order valence-corrected chi connectivity index (χ4v) is 6.80. The van der Waals surface area contributed by atoms with Gasteiger partial charge >= 0.3 is 6.09 Å². The van der Waals surface area contributed by atoms with Crippen LogP contribution in [0.3, 0.4) is 0 Å². The van der Waals surface area contributed by atoms with Gasteiger partial charge in [0.15, 0.2) is 0 Å². The molecule has 3 aliphatic rings. The summed E-state index contributed by atoms with van der Waals surface area (Å²) in [5.41, 5.74) is 2.54. The Balaban J connectivity index is 1.37. The van der Waals surface area contributed by atoms with Gasteiger partial charge in [-0.1, -0.05) is 43.1 Å². The molecule has 7 nitrogen and oxygen atoms in total. The zero-order valence-corrected chi connectivity index (χ0v) is 23.5. The number of nitrogens with one attached hydrogen (secondary N) is 2. The van der Waals surface area contributed by atoms with Crippen molar-refractivity contribution in [3.05, 3.63) is 23.3 Å². The maximum Gasteiger partial charge on any atom is 0.408 e. The Morgan fingerprint density at radius 1 is 1.05 bits per heavy atom. The number of hydrogen-bond acceptors (Lipinski definition) is 5. The quantitative estimate of drug-likeness (QED) is 0.315. The van der Waals surface area contributed by atoms with Gasteiger partial charge in [0, 0.05) is 6.54 Å². The van der Waals surface area contributed by atoms with E-state index in [9.17, 15) is 19.8 Å². The number of aliphatic hydroxyl groups excluding tert-OH is 2. The summed E-state index contributed by atoms with van der Waals surface area (Å²) in [5.74, 6) is 1.21. The van der Waals surface area contributed by atoms with Crippen molar-refractivity contribution in [2.75, 3.05) is 13.1 Å². The van der Waals surface area contributed by atoms with Gasteiger partial charge in [0.25, 0.3) is 0 Å². The summed E-state index contributed by atoms with van der Waals surface area (Å²) < 4.78 is 5.14. The van der Waals surface area contributed by atoms with E-state index in [1.807, 2.05) is 0 Å². The molecule has 0 bridgehead atoms. The highest BCUT2D eigenvalue weighted by Crippen LogP contribution is 2.58. The third-order valence-electron chi connectivity index (χ3n) is 8.58. The van der Waals surface area contributed by atoms with Crippen molar-refractivity contribution in [2.45, 2.75) is 123 Å². The Hall–Kier alpha value is -1.86. The van der Waals surface area contributed by atoms with E-state index in [1.54, 1.807) is 26.3 Å². The van der Waals surface area contributed by atoms with Gasteiger partial charge in [-0.15, -0.1) is 0 Å². The highest BCUT2D eigenvalue weighted by atomic mass is 16.6. The fraction of sp³-hybridized carbons (Fsp3) is 0.800. The smallest absolute Gasteiger partial charge is 0.408 e. The van der Waals surface area contributed by atoms with Crippen molar-refractivity contribution < 1.29 is 24.5 Å². The average molecular weight is 519 g/mol. The monoisotopic (exact) mass is 518 g/mol. The molecule has 210 valence electrons. The van der Waals surface area contributed by atoms with E-state index >= 15 is 0 Å². The molecule has 1 unspecified atom stereocenters. The maximum atomic E-state index is 12.0. The van der Waals surface area contributed by atoms with Crippen molar-refractivity contribution in [2.24, 2.45) is 17.3 Å². The van der Waals surface area contributed by atoms with Gasteiger partial charge in [-0.2, -0.15) is 0 Å². The number of fused-ring (bicyclic) bond motifs is 1. The summed E-state index contributed by atoms with van der Waals surface area (Å²) in [6, 6.07) is 0. The minimum atomic E-state index is -0.576. The largest absolute Gasteiger partial charge is 0.444 e. The van der Waals surface area contributed by atoms with Gasteiger partial charge < -0.3 is 25.6 Å². The molecule has 0 heterocycles. The summed E-state index contributed by atoms with van der Waals surface area (Å²) in [6.45, 7) is 8.43. The van der Waals surface area contributed by atoms with E-state index in [-0.39, 0.29) is 12.5 Å². The first-order valence-corrected chi connectivity index (χ1v) is 14.4. The van der Waals surface area contributed by atoms with Crippen molar-refractivity contribution in [1.82, 2.24) is 10.6 Å². The molecule has 0 aromatic carbocycles. The van der Waals surface area contributed by atoms with Crippen LogP contribution < -0.4 is 10.6 Å². The first-order valence-electron chi connectivity index (χ1n) is 14.4. The predicted octanol–water partition coefficient (Wildman–Crippen LogP) is 5.16. The lowest BCUT2D eigenvalue weighted by molar-refractivity contribution is -0.120. The van der Waals surface area contributed by atoms with Crippen LogP contribution in [0.2, 0.25) is 0 Å². The van der Waals surface area contributed by atoms with Crippen molar-refractivity contribution in [3.8, 4) is 0 Å². The third-order valence-corrected chi connectivity index (χ3v) is 8.58. The van der Waals surface area contributed by atoms with Gasteiger partial charge in [0.05, 0.1) is 18.8 Å². The molecule has 3 aliphatic carbocycles. The van der Waals surface area contributed by atoms with Crippen LogP contribution in [0, 0.1) is 17.3 Å². The molecule has 7 heteroatoms. The van der Waals surface area contributed by atoms with Gasteiger partial charge in [0.2, 0.25) is 5.91 Å². The van der Waals surface area contributed by atoms with Gasteiger partial charge in [-0.25, -0.2) is 4.79 Å². The Morgan fingerprint density at radius 3 is 2.49 bits per heavy atom. The topological polar surface area (TPSA) is 108 Å². The number of alkyl carbamates (subject to hydrolysis) is 1. The Labute approximate surface area is 223 Å². The molecule has 0 spiro atoms. The number of rotatable bonds is 9. The van der Waals surface area contributed by atoms with Crippen LogP contribution in [0.1, 0.15) is 105 Å². The number of ether oxygens (including phenoxy) is 1. The Bertz CT molecular complexity index is 833. The number of unbranched alkanes of at least 4 members (excludes halogenated alkanes) is 2. The molecule has 0 aliphatic heterocycles. The number of allylic oxidation sites excluding steroid dienone is 3. The molecular weight excluding hydrogens is 468 g/mol. The number of amides is 2. The standard InChI is InChI=1S/C30H50N2O5/c1-29(2,3)37-28(36)32-20-27(35)31-16-7-5-6-10-23-13-14-26-22(9-8-15-30(23,26)4)12-11-21-17-24(33)19-25(34)18-21/h11-12,23-26,33-34H,5-10,13-20H2,1-4H3,(H,31,35)(H,32,36)/b22-12+/t23-,24+,25+,26-,30?/m0/s1. The van der Waals surface area contributed by atoms with Crippen LogP contribution in [-0.2, 0) is 9.53 Å². The first-order chi connectivity index (χ1) is 17.5. The normalized spacial score (nSPS) is 31.1. The first kappa shape index (κ1) is 29.7. The highest BCUT2D eigenvalue weighted by molar-refractivity contribution is 5.82. The van der Waals surface area contributed by atoms with E-state index in [2.05, 4.69) is 29.7 Å². The van der Waals surface area contributed by atoms with Crippen LogP contribution in [0.15, 0.2) is 23.3 Å². The summed E-state index contributed by atoms with van der Waals surface area (Å²) in [6.07, 6.45) is 15.7. The van der Waals surface area contributed by atoms with E-state index < -0.39 is 23.9 Å². The fourth-order valence-electron chi connectivity index (χ4n) is 6.80. The molecule has 0 aromatic rings. The second-order valence-electron chi connectivity index (χ2n) is 12.8. The molecule has 5 atom stereocenters. The lowest BCUT2D eigenvalue weighted by Gasteiger charge is -2.42. The molecule has 3 fully saturated rings. The Kier molecular flexibility index (Phi) is 10.7. The van der Waals surface area contributed by atoms with Gasteiger partial charge in [0.1, 0.15) is 5.60 Å². The molecular formula is C30H50N2O5. The van der Waals surface area contributed by atoms with E-state index in [0.29, 0.717) is 37.1 Å². The number of hydrogen-bond donors (Lipinski definition) is 4. The minimum Gasteiger partial charge on any atom is -0.444 e. The molecule has 3 saturated carbocycles. The lowest BCUT2D eigenvalue weighted by atomic mass is 9.62. The van der Waals surface area contributed by atoms with Crippen LogP contribution >= 0.6 is 0 Å². The molecule has 0 aromatic heterocycles. The molecule has 37 heavy (non-hydrogen) atoms. The van der Waals surface area contributed by atoms with E-state index in [4.69, 9.17) is 4.74 Å². The molecule has 3 rings (SSSR count). The molecule has 0 radical (unpaired) electrons. The van der Waals surface area contributed by atoms with Crippen LogP contribution in [-0.4, -0.2) is 53.1 Å². The molecule has 0 saturated heterocycles. The minimum absolute atomic E-state index is 0.0651. The Morgan fingerprint density at radius 2 is 1.78 bits per heavy atom. The van der Waals surface area contributed by atoms with E-state index in [1.165, 1.54) is 50.5 Å². The van der Waals surface area contributed by atoms with Crippen molar-refractivity contribution in [3.63, 3.8) is 0 Å². The van der Waals surface area contributed by atoms with Crippen molar-refractivity contribution in [1.29, 1.82) is 0 Å². The van der Waals surface area contributed by atoms with Gasteiger partial charge in [-0.05, 0) is 102 Å². The molecule has 2 amide bonds. The summed E-state index contributed by atoms with van der Waals surface area (Å²) >= 11 is 0. The summed E-state index contributed by atoms with van der Waals surface area (Å²) in [7, 11) is 0. The highest BCUT2D eigenvalue weighted by Gasteiger charge is 2.48. The maximum absolute atomic E-state index is 12.0. The summed E-state index contributed by atoms with van der Waals surface area (Å²) in [5, 5.41) is 25.4. The number of carbonyl (C=O) groups is 2. The average Bonchev–Trinajstić information content (AvgIpc) is 3.13. The van der Waals surface area contributed by atoms with Crippen LogP contribution in [0.4, 0.5) is 4.79 Å². The zero-order valence-electron chi connectivity index (χ0n) is 23.5. The van der Waals surface area contributed by atoms with Crippen LogP contribution in [0.25, 0.3) is 0 Å².